The summed E-state index contributed by atoms with van der Waals surface area (Å²) >= 11 is 18.5. The molecule has 0 spiro atoms. The summed E-state index contributed by atoms with van der Waals surface area (Å²) in [5.41, 5.74) is 0.896. The summed E-state index contributed by atoms with van der Waals surface area (Å²) in [6.07, 6.45) is 1.33. The van der Waals surface area contributed by atoms with Gasteiger partial charge >= 0.3 is 0 Å². The maximum atomic E-state index is 13.4. The van der Waals surface area contributed by atoms with E-state index in [0.717, 1.165) is 24.2 Å². The van der Waals surface area contributed by atoms with E-state index < -0.39 is 11.5 Å². The van der Waals surface area contributed by atoms with Crippen LogP contribution in [0, 0.1) is 0 Å². The fourth-order valence-electron chi connectivity index (χ4n) is 4.26. The van der Waals surface area contributed by atoms with E-state index in [1.807, 2.05) is 25.2 Å². The van der Waals surface area contributed by atoms with Crippen LogP contribution < -0.4 is 5.32 Å². The molecule has 1 unspecified atom stereocenters. The normalized spacial score (nSPS) is 18.4. The van der Waals surface area contributed by atoms with Crippen molar-refractivity contribution in [3.63, 3.8) is 0 Å². The number of rotatable bonds is 8. The lowest BCUT2D eigenvalue weighted by Gasteiger charge is -2.35. The predicted octanol–water partition coefficient (Wildman–Crippen LogP) is 4.15. The quantitative estimate of drug-likeness (QED) is 0.563. The highest BCUT2D eigenvalue weighted by molar-refractivity contribution is 6.35. The molecule has 182 valence electrons. The van der Waals surface area contributed by atoms with Crippen molar-refractivity contribution in [2.24, 2.45) is 0 Å². The standard InChI is InChI=1S/C25H28Cl3N3O3/c1-30-9-11-31(12-10-30)23(32)22(16-34-15-17-3-2-4-18(26)13-17)29-24(33)25(7-8-25)20-6-5-19(27)14-21(20)28/h2-6,13-14,22H,7-12,15-16H2,1H3,(H,29,33). The molecule has 1 saturated carbocycles. The zero-order valence-corrected chi connectivity index (χ0v) is 21.3. The highest BCUT2D eigenvalue weighted by atomic mass is 35.5. The summed E-state index contributed by atoms with van der Waals surface area (Å²) in [7, 11) is 2.03. The van der Waals surface area contributed by atoms with Gasteiger partial charge in [0.2, 0.25) is 11.8 Å². The molecule has 9 heteroatoms. The van der Waals surface area contributed by atoms with E-state index in [9.17, 15) is 9.59 Å². The first kappa shape index (κ1) is 25.3. The molecule has 6 nitrogen and oxygen atoms in total. The minimum Gasteiger partial charge on any atom is -0.374 e. The van der Waals surface area contributed by atoms with Gasteiger partial charge < -0.3 is 19.9 Å². The van der Waals surface area contributed by atoms with Crippen LogP contribution in [0.25, 0.3) is 0 Å². The van der Waals surface area contributed by atoms with Gasteiger partial charge in [-0.05, 0) is 55.3 Å². The SMILES string of the molecule is CN1CCN(C(=O)C(COCc2cccc(Cl)c2)NC(=O)C2(c3ccc(Cl)cc3Cl)CC2)CC1. The van der Waals surface area contributed by atoms with Crippen molar-refractivity contribution in [1.82, 2.24) is 15.1 Å². The number of hydrogen-bond acceptors (Lipinski definition) is 4. The number of amides is 2. The van der Waals surface area contributed by atoms with Gasteiger partial charge in [0.1, 0.15) is 6.04 Å². The minimum absolute atomic E-state index is 0.0633. The molecule has 1 N–H and O–H groups in total. The number of likely N-dealkylation sites (N-methyl/N-ethyl adjacent to an activating group) is 1. The van der Waals surface area contributed by atoms with Crippen molar-refractivity contribution in [1.29, 1.82) is 0 Å². The van der Waals surface area contributed by atoms with Gasteiger partial charge in [-0.1, -0.05) is 53.0 Å². The fraction of sp³-hybridized carbons (Fsp3) is 0.440. The Hall–Kier alpha value is -1.83. The van der Waals surface area contributed by atoms with Crippen molar-refractivity contribution < 1.29 is 14.3 Å². The van der Waals surface area contributed by atoms with Gasteiger partial charge in [0.15, 0.2) is 0 Å². The van der Waals surface area contributed by atoms with Crippen LogP contribution in [0.3, 0.4) is 0 Å². The number of piperazine rings is 1. The number of carbonyl (C=O) groups is 2. The maximum Gasteiger partial charge on any atom is 0.247 e. The predicted molar refractivity (Wildman–Crippen MR) is 134 cm³/mol. The Morgan fingerprint density at radius 1 is 1.03 bits per heavy atom. The van der Waals surface area contributed by atoms with Crippen LogP contribution in [0.1, 0.15) is 24.0 Å². The third kappa shape index (κ3) is 5.86. The zero-order chi connectivity index (χ0) is 24.3. The monoisotopic (exact) mass is 523 g/mol. The third-order valence-electron chi connectivity index (χ3n) is 6.49. The van der Waals surface area contributed by atoms with Gasteiger partial charge in [-0.15, -0.1) is 0 Å². The summed E-state index contributed by atoms with van der Waals surface area (Å²) < 4.78 is 5.87. The van der Waals surface area contributed by atoms with Crippen LogP contribution in [-0.4, -0.2) is 67.5 Å². The van der Waals surface area contributed by atoms with E-state index in [0.29, 0.717) is 41.0 Å². The lowest BCUT2D eigenvalue weighted by Crippen LogP contribution is -2.56. The van der Waals surface area contributed by atoms with Crippen LogP contribution >= 0.6 is 34.8 Å². The highest BCUT2D eigenvalue weighted by Gasteiger charge is 2.53. The van der Waals surface area contributed by atoms with Crippen molar-refractivity contribution >= 4 is 46.6 Å². The van der Waals surface area contributed by atoms with Crippen molar-refractivity contribution in [3.05, 3.63) is 68.7 Å². The summed E-state index contributed by atoms with van der Waals surface area (Å²) in [4.78, 5) is 30.8. The molecule has 34 heavy (non-hydrogen) atoms. The number of benzene rings is 2. The van der Waals surface area contributed by atoms with Crippen LogP contribution in [-0.2, 0) is 26.3 Å². The molecule has 0 bridgehead atoms. The first-order valence-electron chi connectivity index (χ1n) is 11.3. The van der Waals surface area contributed by atoms with Gasteiger partial charge in [0.05, 0.1) is 18.6 Å². The topological polar surface area (TPSA) is 61.9 Å². The Bertz CT molecular complexity index is 1050. The van der Waals surface area contributed by atoms with E-state index in [2.05, 4.69) is 10.2 Å². The number of nitrogens with one attached hydrogen (secondary N) is 1. The molecule has 2 aliphatic rings. The zero-order valence-electron chi connectivity index (χ0n) is 19.0. The maximum absolute atomic E-state index is 13.4. The van der Waals surface area contributed by atoms with Crippen molar-refractivity contribution in [3.8, 4) is 0 Å². The largest absolute Gasteiger partial charge is 0.374 e. The molecule has 2 amide bonds. The summed E-state index contributed by atoms with van der Waals surface area (Å²) in [6.45, 7) is 3.17. The molecule has 2 aromatic rings. The van der Waals surface area contributed by atoms with Crippen LogP contribution in [0.15, 0.2) is 42.5 Å². The second-order valence-electron chi connectivity index (χ2n) is 9.01. The molecular formula is C25H28Cl3N3O3. The van der Waals surface area contributed by atoms with Gasteiger partial charge in [-0.2, -0.15) is 0 Å². The Morgan fingerprint density at radius 2 is 1.74 bits per heavy atom. The molecule has 2 fully saturated rings. The Balaban J connectivity index is 1.47. The third-order valence-corrected chi connectivity index (χ3v) is 7.27. The molecule has 4 rings (SSSR count). The molecule has 0 aromatic heterocycles. The molecular weight excluding hydrogens is 497 g/mol. The first-order valence-corrected chi connectivity index (χ1v) is 12.5. The lowest BCUT2D eigenvalue weighted by atomic mass is 9.94. The van der Waals surface area contributed by atoms with E-state index in [4.69, 9.17) is 39.5 Å². The second-order valence-corrected chi connectivity index (χ2v) is 10.3. The lowest BCUT2D eigenvalue weighted by molar-refractivity contribution is -0.140. The average molecular weight is 525 g/mol. The fourth-order valence-corrected chi connectivity index (χ4v) is 5.06. The summed E-state index contributed by atoms with van der Waals surface area (Å²) in [5, 5.41) is 4.57. The number of ether oxygens (including phenoxy) is 1. The Kier molecular flexibility index (Phi) is 8.05. The van der Waals surface area contributed by atoms with E-state index in [1.165, 1.54) is 0 Å². The van der Waals surface area contributed by atoms with Crippen molar-refractivity contribution in [2.75, 3.05) is 39.8 Å². The molecule has 1 aliphatic heterocycles. The Labute approximate surface area is 215 Å². The number of nitrogens with zero attached hydrogens (tertiary/aromatic N) is 2. The molecule has 1 aliphatic carbocycles. The van der Waals surface area contributed by atoms with E-state index in [1.54, 1.807) is 29.2 Å². The number of hydrogen-bond donors (Lipinski definition) is 1. The van der Waals surface area contributed by atoms with Gasteiger partial charge in [-0.25, -0.2) is 0 Å². The van der Waals surface area contributed by atoms with Crippen LogP contribution in [0.4, 0.5) is 0 Å². The molecule has 1 saturated heterocycles. The van der Waals surface area contributed by atoms with Crippen molar-refractivity contribution in [2.45, 2.75) is 30.9 Å². The molecule has 0 radical (unpaired) electrons. The number of halogens is 3. The molecule has 2 aromatic carbocycles. The van der Waals surface area contributed by atoms with Crippen LogP contribution in [0.5, 0.6) is 0 Å². The second kappa shape index (κ2) is 10.8. The van der Waals surface area contributed by atoms with Gasteiger partial charge in [0, 0.05) is 41.2 Å². The summed E-state index contributed by atoms with van der Waals surface area (Å²) in [5.74, 6) is -0.346. The van der Waals surface area contributed by atoms with E-state index >= 15 is 0 Å². The smallest absolute Gasteiger partial charge is 0.247 e. The van der Waals surface area contributed by atoms with Gasteiger partial charge in [0.25, 0.3) is 0 Å². The Morgan fingerprint density at radius 3 is 2.38 bits per heavy atom. The summed E-state index contributed by atoms with van der Waals surface area (Å²) in [6, 6.07) is 11.7. The average Bonchev–Trinajstić information content (AvgIpc) is 3.60. The minimum atomic E-state index is -0.793. The first-order chi connectivity index (χ1) is 16.3. The molecule has 1 atom stereocenters. The van der Waals surface area contributed by atoms with E-state index in [-0.39, 0.29) is 25.0 Å². The van der Waals surface area contributed by atoms with Crippen LogP contribution in [0.2, 0.25) is 15.1 Å². The highest BCUT2D eigenvalue weighted by Crippen LogP contribution is 2.51. The van der Waals surface area contributed by atoms with Gasteiger partial charge in [-0.3, -0.25) is 9.59 Å². The number of carbonyl (C=O) groups excluding carboxylic acids is 2. The molecule has 1 heterocycles.